The molecule has 5 nitrogen and oxygen atoms in total. The predicted octanol–water partition coefficient (Wildman–Crippen LogP) is 3.26. The van der Waals surface area contributed by atoms with Crippen LogP contribution in [0.3, 0.4) is 0 Å². The summed E-state index contributed by atoms with van der Waals surface area (Å²) < 4.78 is 0. The van der Waals surface area contributed by atoms with Crippen molar-refractivity contribution in [2.24, 2.45) is 0 Å². The van der Waals surface area contributed by atoms with Crippen molar-refractivity contribution in [2.75, 3.05) is 18.5 Å². The first kappa shape index (κ1) is 17.9. The second-order valence-corrected chi connectivity index (χ2v) is 6.11. The average Bonchev–Trinajstić information content (AvgIpc) is 2.57. The van der Waals surface area contributed by atoms with Crippen molar-refractivity contribution >= 4 is 11.7 Å². The van der Waals surface area contributed by atoms with Gasteiger partial charge in [0.1, 0.15) is 17.3 Å². The monoisotopic (exact) mass is 326 g/mol. The molecule has 1 aromatic carbocycles. The Morgan fingerprint density at radius 1 is 1.21 bits per heavy atom. The predicted molar refractivity (Wildman–Crippen MR) is 97.3 cm³/mol. The Labute approximate surface area is 144 Å². The van der Waals surface area contributed by atoms with Gasteiger partial charge < -0.3 is 10.2 Å². The molecule has 0 fully saturated rings. The summed E-state index contributed by atoms with van der Waals surface area (Å²) in [5, 5.41) is 2.93. The molecule has 0 bridgehead atoms. The van der Waals surface area contributed by atoms with Crippen LogP contribution in [0.1, 0.15) is 47.2 Å². The minimum atomic E-state index is -0.174. The fourth-order valence-electron chi connectivity index (χ4n) is 2.47. The first-order valence-corrected chi connectivity index (χ1v) is 8.40. The maximum Gasteiger partial charge on any atom is 0.270 e. The van der Waals surface area contributed by atoms with Crippen LogP contribution >= 0.6 is 0 Å². The van der Waals surface area contributed by atoms with Crippen molar-refractivity contribution in [1.29, 1.82) is 0 Å². The second kappa shape index (κ2) is 8.43. The molecule has 1 heterocycles. The van der Waals surface area contributed by atoms with Crippen molar-refractivity contribution in [3.05, 3.63) is 53.0 Å². The third-order valence-electron chi connectivity index (χ3n) is 3.83. The third-order valence-corrected chi connectivity index (χ3v) is 3.83. The van der Waals surface area contributed by atoms with E-state index in [4.69, 9.17) is 0 Å². The molecular formula is C19H26N4O. The Bertz CT molecular complexity index is 700. The van der Waals surface area contributed by atoms with E-state index in [-0.39, 0.29) is 5.91 Å². The zero-order valence-corrected chi connectivity index (χ0v) is 15.0. The van der Waals surface area contributed by atoms with Gasteiger partial charge in [-0.15, -0.1) is 0 Å². The molecule has 2 aromatic rings. The highest BCUT2D eigenvalue weighted by Gasteiger charge is 2.12. The number of unbranched alkanes of at least 4 members (excludes halogenated alkanes) is 1. The van der Waals surface area contributed by atoms with E-state index in [1.165, 1.54) is 5.56 Å². The molecule has 0 unspecified atom stereocenters. The van der Waals surface area contributed by atoms with Gasteiger partial charge in [-0.05, 0) is 25.8 Å². The molecular weight excluding hydrogens is 300 g/mol. The van der Waals surface area contributed by atoms with Crippen LogP contribution in [0, 0.1) is 13.8 Å². The van der Waals surface area contributed by atoms with E-state index >= 15 is 0 Å². The van der Waals surface area contributed by atoms with Gasteiger partial charge in [0.05, 0.1) is 0 Å². The summed E-state index contributed by atoms with van der Waals surface area (Å²) in [4.78, 5) is 23.2. The molecule has 0 saturated carbocycles. The van der Waals surface area contributed by atoms with Crippen molar-refractivity contribution in [1.82, 2.24) is 15.3 Å². The van der Waals surface area contributed by atoms with Crippen LogP contribution < -0.4 is 10.2 Å². The number of anilines is 1. The number of hydrogen-bond acceptors (Lipinski definition) is 4. The van der Waals surface area contributed by atoms with E-state index in [0.29, 0.717) is 18.1 Å². The minimum Gasteiger partial charge on any atom is -0.360 e. The maximum absolute atomic E-state index is 12.4. The second-order valence-electron chi connectivity index (χ2n) is 6.11. The lowest BCUT2D eigenvalue weighted by molar-refractivity contribution is 0.0945. The standard InChI is InChI=1S/C19H26N4O/c1-5-6-10-23(4)18-12-17(21-15(3)22-18)19(24)20-13-16-9-7-8-14(2)11-16/h7-9,11-12H,5-6,10,13H2,1-4H3,(H,20,24). The van der Waals surface area contributed by atoms with E-state index < -0.39 is 0 Å². The van der Waals surface area contributed by atoms with Crippen molar-refractivity contribution < 1.29 is 4.79 Å². The summed E-state index contributed by atoms with van der Waals surface area (Å²) in [7, 11) is 1.99. The van der Waals surface area contributed by atoms with Crippen molar-refractivity contribution in [2.45, 2.75) is 40.2 Å². The van der Waals surface area contributed by atoms with Crippen molar-refractivity contribution in [3.8, 4) is 0 Å². The Kier molecular flexibility index (Phi) is 6.29. The van der Waals surface area contributed by atoms with Crippen molar-refractivity contribution in [3.63, 3.8) is 0 Å². The lowest BCUT2D eigenvalue weighted by Gasteiger charge is -2.18. The molecule has 0 atom stereocenters. The van der Waals surface area contributed by atoms with Gasteiger partial charge in [-0.3, -0.25) is 4.79 Å². The van der Waals surface area contributed by atoms with E-state index in [0.717, 1.165) is 30.8 Å². The van der Waals surface area contributed by atoms with Crippen LogP contribution in [0.2, 0.25) is 0 Å². The fraction of sp³-hybridized carbons (Fsp3) is 0.421. The summed E-state index contributed by atoms with van der Waals surface area (Å²) >= 11 is 0. The molecule has 0 radical (unpaired) electrons. The molecule has 1 amide bonds. The summed E-state index contributed by atoms with van der Waals surface area (Å²) in [6, 6.07) is 9.86. The summed E-state index contributed by atoms with van der Waals surface area (Å²) in [6.07, 6.45) is 2.21. The van der Waals surface area contributed by atoms with Gasteiger partial charge in [0, 0.05) is 26.2 Å². The van der Waals surface area contributed by atoms with Gasteiger partial charge in [-0.1, -0.05) is 43.2 Å². The number of aromatic nitrogens is 2. The number of aryl methyl sites for hydroxylation is 2. The summed E-state index contributed by atoms with van der Waals surface area (Å²) in [6.45, 7) is 7.41. The lowest BCUT2D eigenvalue weighted by Crippen LogP contribution is -2.26. The number of hydrogen-bond donors (Lipinski definition) is 1. The molecule has 0 saturated heterocycles. The molecule has 0 aliphatic heterocycles. The molecule has 5 heteroatoms. The Hall–Kier alpha value is -2.43. The zero-order valence-electron chi connectivity index (χ0n) is 15.0. The number of nitrogens with one attached hydrogen (secondary N) is 1. The topological polar surface area (TPSA) is 58.1 Å². The number of rotatable bonds is 7. The van der Waals surface area contributed by atoms with Gasteiger partial charge in [0.2, 0.25) is 0 Å². The third kappa shape index (κ3) is 5.05. The smallest absolute Gasteiger partial charge is 0.270 e. The number of benzene rings is 1. The normalized spacial score (nSPS) is 10.5. The Morgan fingerprint density at radius 2 is 2.00 bits per heavy atom. The SMILES string of the molecule is CCCCN(C)c1cc(C(=O)NCc2cccc(C)c2)nc(C)n1. The number of carbonyl (C=O) groups excluding carboxylic acids is 1. The van der Waals surface area contributed by atoms with Crippen LogP contribution in [-0.2, 0) is 6.54 Å². The molecule has 2 rings (SSSR count). The quantitative estimate of drug-likeness (QED) is 0.848. The lowest BCUT2D eigenvalue weighted by atomic mass is 10.1. The van der Waals surface area contributed by atoms with E-state index in [9.17, 15) is 4.79 Å². The van der Waals surface area contributed by atoms with Gasteiger partial charge >= 0.3 is 0 Å². The first-order chi connectivity index (χ1) is 11.5. The fourth-order valence-corrected chi connectivity index (χ4v) is 2.47. The number of carbonyl (C=O) groups is 1. The maximum atomic E-state index is 12.4. The van der Waals surface area contributed by atoms with Crippen LogP contribution in [0.5, 0.6) is 0 Å². The van der Waals surface area contributed by atoms with Gasteiger partial charge in [0.25, 0.3) is 5.91 Å². The van der Waals surface area contributed by atoms with E-state index in [2.05, 4.69) is 33.2 Å². The number of nitrogens with zero attached hydrogens (tertiary/aromatic N) is 3. The highest BCUT2D eigenvalue weighted by molar-refractivity contribution is 5.92. The molecule has 128 valence electrons. The van der Waals surface area contributed by atoms with Crippen LogP contribution in [0.15, 0.2) is 30.3 Å². The first-order valence-electron chi connectivity index (χ1n) is 8.40. The van der Waals surface area contributed by atoms with Crippen LogP contribution in [0.4, 0.5) is 5.82 Å². The highest BCUT2D eigenvalue weighted by Crippen LogP contribution is 2.12. The van der Waals surface area contributed by atoms with Gasteiger partial charge in [-0.25, -0.2) is 9.97 Å². The minimum absolute atomic E-state index is 0.174. The highest BCUT2D eigenvalue weighted by atomic mass is 16.1. The molecule has 1 aromatic heterocycles. The largest absolute Gasteiger partial charge is 0.360 e. The van der Waals surface area contributed by atoms with E-state index in [1.54, 1.807) is 6.07 Å². The van der Waals surface area contributed by atoms with E-state index in [1.807, 2.05) is 39.1 Å². The Morgan fingerprint density at radius 3 is 2.71 bits per heavy atom. The van der Waals surface area contributed by atoms with Crippen LogP contribution in [-0.4, -0.2) is 29.5 Å². The Balaban J connectivity index is 2.07. The molecule has 0 aliphatic rings. The summed E-state index contributed by atoms with van der Waals surface area (Å²) in [5.74, 6) is 1.22. The number of amides is 1. The van der Waals surface area contributed by atoms with Gasteiger partial charge in [0.15, 0.2) is 0 Å². The average molecular weight is 326 g/mol. The van der Waals surface area contributed by atoms with Gasteiger partial charge in [-0.2, -0.15) is 0 Å². The zero-order chi connectivity index (χ0) is 17.5. The summed E-state index contributed by atoms with van der Waals surface area (Å²) in [5.41, 5.74) is 2.67. The molecule has 0 aliphatic carbocycles. The van der Waals surface area contributed by atoms with Crippen LogP contribution in [0.25, 0.3) is 0 Å². The molecule has 0 spiro atoms. The molecule has 1 N–H and O–H groups in total. The molecule has 24 heavy (non-hydrogen) atoms.